The lowest BCUT2D eigenvalue weighted by Gasteiger charge is -2.09. The van der Waals surface area contributed by atoms with Crippen molar-refractivity contribution in [3.05, 3.63) is 29.8 Å². The first-order chi connectivity index (χ1) is 7.69. The summed E-state index contributed by atoms with van der Waals surface area (Å²) in [6, 6.07) is 7.25. The second kappa shape index (κ2) is 5.90. The Bertz CT molecular complexity index is 400. The van der Waals surface area contributed by atoms with Crippen molar-refractivity contribution in [3.8, 4) is 0 Å². The predicted molar refractivity (Wildman–Crippen MR) is 64.0 cm³/mol. The minimum atomic E-state index is -0.0271. The molecule has 1 amide bonds. The molecule has 86 valence electrons. The van der Waals surface area contributed by atoms with Crippen molar-refractivity contribution in [2.45, 2.75) is 26.7 Å². The van der Waals surface area contributed by atoms with E-state index in [0.29, 0.717) is 17.8 Å². The first-order valence-corrected chi connectivity index (χ1v) is 5.27. The number of hydrogen-bond acceptors (Lipinski definition) is 3. The van der Waals surface area contributed by atoms with Crippen LogP contribution in [0.1, 0.15) is 32.3 Å². The summed E-state index contributed by atoms with van der Waals surface area (Å²) < 4.78 is 0. The van der Waals surface area contributed by atoms with E-state index in [9.17, 15) is 4.79 Å². The van der Waals surface area contributed by atoms with E-state index in [2.05, 4.69) is 10.5 Å². The molecule has 0 saturated heterocycles. The second-order valence-electron chi connectivity index (χ2n) is 3.53. The van der Waals surface area contributed by atoms with Gasteiger partial charge in [0.25, 0.3) is 0 Å². The maximum Gasteiger partial charge on any atom is 0.224 e. The molecule has 0 atom stereocenters. The molecule has 0 fully saturated rings. The van der Waals surface area contributed by atoms with Crippen molar-refractivity contribution < 1.29 is 10.0 Å². The Morgan fingerprint density at radius 2 is 2.12 bits per heavy atom. The number of oxime groups is 1. The number of benzene rings is 1. The Balaban J connectivity index is 2.91. The van der Waals surface area contributed by atoms with Gasteiger partial charge in [0.15, 0.2) is 0 Å². The maximum atomic E-state index is 11.5. The lowest BCUT2D eigenvalue weighted by atomic mass is 10.1. The van der Waals surface area contributed by atoms with Crippen LogP contribution < -0.4 is 5.32 Å². The highest BCUT2D eigenvalue weighted by Crippen LogP contribution is 2.16. The van der Waals surface area contributed by atoms with Crippen molar-refractivity contribution >= 4 is 17.3 Å². The molecular formula is C12H16N2O2. The van der Waals surface area contributed by atoms with Crippen molar-refractivity contribution in [1.82, 2.24) is 0 Å². The predicted octanol–water partition coefficient (Wildman–Crippen LogP) is 2.62. The fourth-order valence-corrected chi connectivity index (χ4v) is 1.40. The smallest absolute Gasteiger partial charge is 0.224 e. The molecule has 0 spiro atoms. The molecule has 0 aromatic heterocycles. The van der Waals surface area contributed by atoms with Gasteiger partial charge in [-0.1, -0.05) is 30.3 Å². The lowest BCUT2D eigenvalue weighted by molar-refractivity contribution is -0.116. The number of carbonyl (C=O) groups is 1. The van der Waals surface area contributed by atoms with Gasteiger partial charge >= 0.3 is 0 Å². The van der Waals surface area contributed by atoms with Gasteiger partial charge in [-0.05, 0) is 19.4 Å². The molecule has 2 N–H and O–H groups in total. The van der Waals surface area contributed by atoms with Crippen molar-refractivity contribution in [3.63, 3.8) is 0 Å². The third kappa shape index (κ3) is 3.08. The quantitative estimate of drug-likeness (QED) is 0.465. The van der Waals surface area contributed by atoms with Crippen LogP contribution in [0.5, 0.6) is 0 Å². The molecule has 0 aliphatic carbocycles. The van der Waals surface area contributed by atoms with Gasteiger partial charge in [-0.15, -0.1) is 0 Å². The zero-order chi connectivity index (χ0) is 12.0. The number of para-hydroxylation sites is 1. The molecule has 4 heteroatoms. The van der Waals surface area contributed by atoms with Gasteiger partial charge in [-0.2, -0.15) is 0 Å². The first-order valence-electron chi connectivity index (χ1n) is 5.27. The Morgan fingerprint density at radius 3 is 2.75 bits per heavy atom. The van der Waals surface area contributed by atoms with Gasteiger partial charge in [0, 0.05) is 17.7 Å². The van der Waals surface area contributed by atoms with Crippen LogP contribution in [0.15, 0.2) is 29.4 Å². The molecule has 4 nitrogen and oxygen atoms in total. The van der Waals surface area contributed by atoms with Crippen molar-refractivity contribution in [1.29, 1.82) is 0 Å². The average Bonchev–Trinajstić information content (AvgIpc) is 2.29. The van der Waals surface area contributed by atoms with Gasteiger partial charge in [-0.25, -0.2) is 0 Å². The van der Waals surface area contributed by atoms with E-state index < -0.39 is 0 Å². The van der Waals surface area contributed by atoms with Crippen molar-refractivity contribution in [2.75, 3.05) is 5.32 Å². The van der Waals surface area contributed by atoms with E-state index in [1.54, 1.807) is 19.1 Å². The van der Waals surface area contributed by atoms with Crippen molar-refractivity contribution in [2.24, 2.45) is 5.16 Å². The molecule has 0 saturated carbocycles. The summed E-state index contributed by atoms with van der Waals surface area (Å²) in [5.74, 6) is -0.0271. The Kier molecular flexibility index (Phi) is 4.51. The fourth-order valence-electron chi connectivity index (χ4n) is 1.40. The van der Waals surface area contributed by atoms with E-state index >= 15 is 0 Å². The molecule has 0 aliphatic rings. The molecule has 0 unspecified atom stereocenters. The molecule has 0 bridgehead atoms. The number of rotatable bonds is 4. The number of amides is 1. The number of nitrogens with zero attached hydrogens (tertiary/aromatic N) is 1. The minimum absolute atomic E-state index is 0.0271. The topological polar surface area (TPSA) is 61.7 Å². The molecule has 1 aromatic rings. The zero-order valence-corrected chi connectivity index (χ0v) is 9.53. The minimum Gasteiger partial charge on any atom is -0.411 e. The first kappa shape index (κ1) is 12.2. The summed E-state index contributed by atoms with van der Waals surface area (Å²) >= 11 is 0. The molecular weight excluding hydrogens is 204 g/mol. The highest BCUT2D eigenvalue weighted by Gasteiger charge is 2.07. The fraction of sp³-hybridized carbons (Fsp3) is 0.333. The Morgan fingerprint density at radius 1 is 1.44 bits per heavy atom. The molecule has 1 rings (SSSR count). The summed E-state index contributed by atoms with van der Waals surface area (Å²) in [6.07, 6.45) is 1.30. The van der Waals surface area contributed by atoms with E-state index in [1.807, 2.05) is 19.1 Å². The van der Waals surface area contributed by atoms with Crippen LogP contribution in [0.3, 0.4) is 0 Å². The van der Waals surface area contributed by atoms with Gasteiger partial charge in [0.2, 0.25) is 5.91 Å². The molecule has 0 aliphatic heterocycles. The van der Waals surface area contributed by atoms with E-state index in [-0.39, 0.29) is 5.91 Å². The largest absolute Gasteiger partial charge is 0.411 e. The van der Waals surface area contributed by atoms with Gasteiger partial charge in [0.1, 0.15) is 0 Å². The Hall–Kier alpha value is -1.84. The summed E-state index contributed by atoms with van der Waals surface area (Å²) in [5, 5.41) is 14.7. The number of nitrogens with one attached hydrogen (secondary N) is 1. The van der Waals surface area contributed by atoms with E-state index in [0.717, 1.165) is 12.0 Å². The van der Waals surface area contributed by atoms with Gasteiger partial charge in [0.05, 0.1) is 5.71 Å². The van der Waals surface area contributed by atoms with Gasteiger partial charge < -0.3 is 10.5 Å². The SMILES string of the molecule is CCCC(=O)Nc1ccccc1/C(C)=N/O. The molecule has 0 heterocycles. The second-order valence-corrected chi connectivity index (χ2v) is 3.53. The Labute approximate surface area is 95.0 Å². The van der Waals surface area contributed by atoms with Crippen LogP contribution in [0.2, 0.25) is 0 Å². The molecule has 16 heavy (non-hydrogen) atoms. The van der Waals surface area contributed by atoms with Crippen LogP contribution in [0, 0.1) is 0 Å². The standard InChI is InChI=1S/C12H16N2O2/c1-3-6-12(15)13-11-8-5-4-7-10(11)9(2)14-16/h4-5,7-8,16H,3,6H2,1-2H3,(H,13,15)/b14-9+. The van der Waals surface area contributed by atoms with Crippen LogP contribution in [-0.2, 0) is 4.79 Å². The van der Waals surface area contributed by atoms with Gasteiger partial charge in [-0.3, -0.25) is 4.79 Å². The third-order valence-corrected chi connectivity index (χ3v) is 2.22. The van der Waals surface area contributed by atoms with Crippen LogP contribution in [-0.4, -0.2) is 16.8 Å². The highest BCUT2D eigenvalue weighted by atomic mass is 16.4. The molecule has 1 aromatic carbocycles. The highest BCUT2D eigenvalue weighted by molar-refractivity contribution is 6.06. The van der Waals surface area contributed by atoms with Crippen LogP contribution >= 0.6 is 0 Å². The van der Waals surface area contributed by atoms with Crippen LogP contribution in [0.4, 0.5) is 5.69 Å². The normalized spacial score (nSPS) is 11.2. The molecule has 0 radical (unpaired) electrons. The summed E-state index contributed by atoms with van der Waals surface area (Å²) in [4.78, 5) is 11.5. The summed E-state index contributed by atoms with van der Waals surface area (Å²) in [7, 11) is 0. The van der Waals surface area contributed by atoms with E-state index in [4.69, 9.17) is 5.21 Å². The zero-order valence-electron chi connectivity index (χ0n) is 9.53. The maximum absolute atomic E-state index is 11.5. The number of hydrogen-bond donors (Lipinski definition) is 2. The lowest BCUT2D eigenvalue weighted by Crippen LogP contribution is -2.13. The van der Waals surface area contributed by atoms with Crippen LogP contribution in [0.25, 0.3) is 0 Å². The number of carbonyl (C=O) groups excluding carboxylic acids is 1. The number of anilines is 1. The average molecular weight is 220 g/mol. The summed E-state index contributed by atoms with van der Waals surface area (Å²) in [5.41, 5.74) is 1.89. The summed E-state index contributed by atoms with van der Waals surface area (Å²) in [6.45, 7) is 3.64. The van der Waals surface area contributed by atoms with E-state index in [1.165, 1.54) is 0 Å². The third-order valence-electron chi connectivity index (χ3n) is 2.22. The monoisotopic (exact) mass is 220 g/mol.